The molecule has 2 heterocycles. The molecule has 1 aliphatic rings. The number of rotatable bonds is 4. The van der Waals surface area contributed by atoms with Crippen LogP contribution in [0.15, 0.2) is 24.8 Å². The van der Waals surface area contributed by atoms with Gasteiger partial charge in [-0.1, -0.05) is 0 Å². The van der Waals surface area contributed by atoms with Crippen molar-refractivity contribution >= 4 is 11.9 Å². The predicted molar refractivity (Wildman–Crippen MR) is 84.1 cm³/mol. The Bertz CT molecular complexity index is 665. The van der Waals surface area contributed by atoms with Gasteiger partial charge in [-0.3, -0.25) is 9.36 Å². The molecular formula is C15H20N6O2. The van der Waals surface area contributed by atoms with Crippen molar-refractivity contribution in [3.05, 3.63) is 30.5 Å². The highest BCUT2D eigenvalue weighted by Crippen LogP contribution is 2.21. The van der Waals surface area contributed by atoms with E-state index in [1.807, 2.05) is 0 Å². The first-order chi connectivity index (χ1) is 11.2. The van der Waals surface area contributed by atoms with Gasteiger partial charge in [0.05, 0.1) is 6.10 Å². The third-order valence-corrected chi connectivity index (χ3v) is 4.07. The maximum atomic E-state index is 12.4. The topological polar surface area (TPSA) is 108 Å². The number of ether oxygens (including phenoxy) is 1. The Hall–Kier alpha value is -2.48. The van der Waals surface area contributed by atoms with Crippen molar-refractivity contribution in [2.45, 2.75) is 37.8 Å². The molecule has 8 nitrogen and oxygen atoms in total. The number of imidazole rings is 1. The summed E-state index contributed by atoms with van der Waals surface area (Å²) in [6.07, 6.45) is 8.96. The monoisotopic (exact) mass is 316 g/mol. The number of anilines is 1. The molecule has 0 saturated heterocycles. The van der Waals surface area contributed by atoms with Gasteiger partial charge in [0.25, 0.3) is 5.91 Å². The summed E-state index contributed by atoms with van der Waals surface area (Å²) in [7, 11) is 1.73. The molecule has 0 bridgehead atoms. The van der Waals surface area contributed by atoms with E-state index in [1.54, 1.807) is 36.5 Å². The standard InChI is InChI=1S/C15H20N6O2/c1-23-11-4-2-10(3-5-11)18-14(22)12-8-13(20-15(16)19-12)21-7-6-17-9-21/h6-11H,2-5H2,1H3,(H,18,22)(H2,16,19,20). The highest BCUT2D eigenvalue weighted by atomic mass is 16.5. The molecule has 0 aliphatic heterocycles. The summed E-state index contributed by atoms with van der Waals surface area (Å²) in [6, 6.07) is 1.75. The van der Waals surface area contributed by atoms with Crippen molar-refractivity contribution in [1.29, 1.82) is 0 Å². The summed E-state index contributed by atoms with van der Waals surface area (Å²) < 4.78 is 7.02. The van der Waals surface area contributed by atoms with Gasteiger partial charge in [0.2, 0.25) is 5.95 Å². The van der Waals surface area contributed by atoms with E-state index < -0.39 is 0 Å². The van der Waals surface area contributed by atoms with Crippen LogP contribution >= 0.6 is 0 Å². The molecule has 0 spiro atoms. The zero-order valence-electron chi connectivity index (χ0n) is 13.0. The van der Waals surface area contributed by atoms with E-state index in [9.17, 15) is 4.79 Å². The summed E-state index contributed by atoms with van der Waals surface area (Å²) in [5.74, 6) is 0.342. The minimum absolute atomic E-state index is 0.0597. The number of hydrogen-bond donors (Lipinski definition) is 2. The van der Waals surface area contributed by atoms with Crippen LogP contribution < -0.4 is 11.1 Å². The molecule has 3 N–H and O–H groups in total. The van der Waals surface area contributed by atoms with Crippen LogP contribution in [0.4, 0.5) is 5.95 Å². The highest BCUT2D eigenvalue weighted by molar-refractivity contribution is 5.93. The Labute approximate surface area is 134 Å². The Kier molecular flexibility index (Phi) is 4.52. The van der Waals surface area contributed by atoms with Gasteiger partial charge >= 0.3 is 0 Å². The lowest BCUT2D eigenvalue weighted by Gasteiger charge is -2.28. The molecule has 0 radical (unpaired) electrons. The third-order valence-electron chi connectivity index (χ3n) is 4.07. The van der Waals surface area contributed by atoms with E-state index in [-0.39, 0.29) is 23.6 Å². The van der Waals surface area contributed by atoms with E-state index >= 15 is 0 Å². The number of nitrogen functional groups attached to an aromatic ring is 1. The summed E-state index contributed by atoms with van der Waals surface area (Å²) in [5, 5.41) is 3.01. The van der Waals surface area contributed by atoms with Gasteiger partial charge in [0, 0.05) is 31.6 Å². The van der Waals surface area contributed by atoms with Crippen molar-refractivity contribution in [2.24, 2.45) is 0 Å². The minimum Gasteiger partial charge on any atom is -0.381 e. The highest BCUT2D eigenvalue weighted by Gasteiger charge is 2.23. The second-order valence-electron chi connectivity index (χ2n) is 5.62. The van der Waals surface area contributed by atoms with Gasteiger partial charge < -0.3 is 15.8 Å². The van der Waals surface area contributed by atoms with Crippen LogP contribution in [0.1, 0.15) is 36.2 Å². The van der Waals surface area contributed by atoms with Crippen molar-refractivity contribution in [3.8, 4) is 5.82 Å². The molecule has 0 atom stereocenters. The summed E-state index contributed by atoms with van der Waals surface area (Å²) >= 11 is 0. The third kappa shape index (κ3) is 3.65. The van der Waals surface area contributed by atoms with Gasteiger partial charge in [-0.2, -0.15) is 4.98 Å². The first-order valence-electron chi connectivity index (χ1n) is 7.62. The van der Waals surface area contributed by atoms with Gasteiger partial charge in [0.1, 0.15) is 17.8 Å². The first kappa shape index (κ1) is 15.4. The number of nitrogens with one attached hydrogen (secondary N) is 1. The zero-order valence-corrected chi connectivity index (χ0v) is 13.0. The second kappa shape index (κ2) is 6.74. The Balaban J connectivity index is 1.70. The summed E-state index contributed by atoms with van der Waals surface area (Å²) in [4.78, 5) is 24.5. The number of carbonyl (C=O) groups is 1. The fraction of sp³-hybridized carbons (Fsp3) is 0.467. The molecule has 1 amide bonds. The van der Waals surface area contributed by atoms with Gasteiger partial charge in [0.15, 0.2) is 0 Å². The molecule has 2 aromatic rings. The zero-order chi connectivity index (χ0) is 16.2. The van der Waals surface area contributed by atoms with Crippen LogP contribution in [-0.4, -0.2) is 44.7 Å². The van der Waals surface area contributed by atoms with Gasteiger partial charge in [-0.25, -0.2) is 9.97 Å². The van der Waals surface area contributed by atoms with Crippen molar-refractivity contribution in [3.63, 3.8) is 0 Å². The lowest BCUT2D eigenvalue weighted by Crippen LogP contribution is -2.39. The van der Waals surface area contributed by atoms with Crippen LogP contribution in [0.5, 0.6) is 0 Å². The van der Waals surface area contributed by atoms with Crippen molar-refractivity contribution < 1.29 is 9.53 Å². The summed E-state index contributed by atoms with van der Waals surface area (Å²) in [6.45, 7) is 0. The first-order valence-corrected chi connectivity index (χ1v) is 7.62. The number of nitrogens with two attached hydrogens (primary N) is 1. The summed E-state index contributed by atoms with van der Waals surface area (Å²) in [5.41, 5.74) is 5.98. The van der Waals surface area contributed by atoms with Crippen LogP contribution in [-0.2, 0) is 4.74 Å². The van der Waals surface area contributed by atoms with E-state index in [1.165, 1.54) is 0 Å². The van der Waals surface area contributed by atoms with Gasteiger partial charge in [-0.05, 0) is 25.7 Å². The fourth-order valence-electron chi connectivity index (χ4n) is 2.80. The molecule has 1 aliphatic carbocycles. The largest absolute Gasteiger partial charge is 0.381 e. The Morgan fingerprint density at radius 2 is 2.13 bits per heavy atom. The lowest BCUT2D eigenvalue weighted by molar-refractivity contribution is 0.0598. The number of amides is 1. The predicted octanol–water partition coefficient (Wildman–Crippen LogP) is 0.932. The van der Waals surface area contributed by atoms with Crippen LogP contribution in [0.2, 0.25) is 0 Å². The van der Waals surface area contributed by atoms with E-state index in [4.69, 9.17) is 10.5 Å². The van der Waals surface area contributed by atoms with Crippen LogP contribution in [0, 0.1) is 0 Å². The van der Waals surface area contributed by atoms with Crippen molar-refractivity contribution in [2.75, 3.05) is 12.8 Å². The fourth-order valence-corrected chi connectivity index (χ4v) is 2.80. The number of nitrogens with zero attached hydrogens (tertiary/aromatic N) is 4. The minimum atomic E-state index is -0.235. The van der Waals surface area contributed by atoms with Gasteiger partial charge in [-0.15, -0.1) is 0 Å². The molecule has 3 rings (SSSR count). The quantitative estimate of drug-likeness (QED) is 0.869. The molecule has 1 saturated carbocycles. The Morgan fingerprint density at radius 1 is 1.35 bits per heavy atom. The number of aromatic nitrogens is 4. The molecular weight excluding hydrogens is 296 g/mol. The average molecular weight is 316 g/mol. The van der Waals surface area contributed by atoms with Crippen LogP contribution in [0.25, 0.3) is 5.82 Å². The van der Waals surface area contributed by atoms with E-state index in [0.29, 0.717) is 11.9 Å². The molecule has 23 heavy (non-hydrogen) atoms. The SMILES string of the molecule is COC1CCC(NC(=O)c2cc(-n3ccnc3)nc(N)n2)CC1. The smallest absolute Gasteiger partial charge is 0.270 e. The average Bonchev–Trinajstić information content (AvgIpc) is 3.09. The maximum absolute atomic E-state index is 12.4. The lowest BCUT2D eigenvalue weighted by atomic mass is 9.93. The molecule has 122 valence electrons. The number of carbonyl (C=O) groups excluding carboxylic acids is 1. The maximum Gasteiger partial charge on any atom is 0.270 e. The number of methoxy groups -OCH3 is 1. The molecule has 0 aromatic carbocycles. The Morgan fingerprint density at radius 3 is 2.78 bits per heavy atom. The number of hydrogen-bond acceptors (Lipinski definition) is 6. The van der Waals surface area contributed by atoms with Crippen LogP contribution in [0.3, 0.4) is 0 Å². The van der Waals surface area contributed by atoms with E-state index in [0.717, 1.165) is 25.7 Å². The van der Waals surface area contributed by atoms with E-state index in [2.05, 4.69) is 20.3 Å². The molecule has 0 unspecified atom stereocenters. The molecule has 2 aromatic heterocycles. The molecule has 8 heteroatoms. The second-order valence-corrected chi connectivity index (χ2v) is 5.62. The van der Waals surface area contributed by atoms with Crippen molar-refractivity contribution in [1.82, 2.24) is 24.8 Å². The normalized spacial score (nSPS) is 21.1. The molecule has 1 fully saturated rings.